The van der Waals surface area contributed by atoms with Crippen LogP contribution in [0.25, 0.3) is 5.69 Å². The normalized spacial score (nSPS) is 10.8. The van der Waals surface area contributed by atoms with E-state index in [9.17, 15) is 9.50 Å². The standard InChI is InChI=1S/C11H12FN3O/c1-7-13-8(2)15(14-7)11-9(6-16)4-3-5-10(11)12/h3-5,16H,6H2,1-2H3. The quantitative estimate of drug-likeness (QED) is 0.836. The lowest BCUT2D eigenvalue weighted by Crippen LogP contribution is -2.06. The average Bonchev–Trinajstić information content (AvgIpc) is 2.57. The fourth-order valence-electron chi connectivity index (χ4n) is 1.66. The van der Waals surface area contributed by atoms with Crippen molar-refractivity contribution in [2.24, 2.45) is 0 Å². The van der Waals surface area contributed by atoms with Gasteiger partial charge in [-0.1, -0.05) is 12.1 Å². The number of aliphatic hydroxyl groups is 1. The third-order valence-corrected chi connectivity index (χ3v) is 2.33. The highest BCUT2D eigenvalue weighted by Gasteiger charge is 2.13. The Hall–Kier alpha value is -1.75. The Morgan fingerprint density at radius 1 is 1.38 bits per heavy atom. The minimum absolute atomic E-state index is 0.231. The Morgan fingerprint density at radius 3 is 2.69 bits per heavy atom. The molecule has 2 aromatic rings. The first-order chi connectivity index (χ1) is 7.63. The fraction of sp³-hybridized carbons (Fsp3) is 0.273. The molecule has 0 aliphatic carbocycles. The Labute approximate surface area is 92.4 Å². The van der Waals surface area contributed by atoms with Crippen LogP contribution in [0.4, 0.5) is 4.39 Å². The molecule has 0 aliphatic heterocycles. The molecule has 0 spiro atoms. The van der Waals surface area contributed by atoms with Crippen LogP contribution in [0.3, 0.4) is 0 Å². The molecule has 16 heavy (non-hydrogen) atoms. The van der Waals surface area contributed by atoms with Gasteiger partial charge in [0.2, 0.25) is 0 Å². The molecule has 0 amide bonds. The molecule has 2 rings (SSSR count). The van der Waals surface area contributed by atoms with Crippen LogP contribution < -0.4 is 0 Å². The third kappa shape index (κ3) is 1.69. The van der Waals surface area contributed by atoms with Gasteiger partial charge in [-0.2, -0.15) is 5.10 Å². The average molecular weight is 221 g/mol. The number of hydrogen-bond acceptors (Lipinski definition) is 3. The molecule has 0 fully saturated rings. The van der Waals surface area contributed by atoms with Gasteiger partial charge in [0.15, 0.2) is 0 Å². The summed E-state index contributed by atoms with van der Waals surface area (Å²) in [7, 11) is 0. The number of aliphatic hydroxyl groups excluding tert-OH is 1. The summed E-state index contributed by atoms with van der Waals surface area (Å²) in [5.74, 6) is 0.751. The van der Waals surface area contributed by atoms with Crippen LogP contribution in [0, 0.1) is 19.7 Å². The number of aromatic nitrogens is 3. The van der Waals surface area contributed by atoms with Crippen LogP contribution in [-0.4, -0.2) is 19.9 Å². The molecule has 1 aromatic heterocycles. The molecule has 1 heterocycles. The van der Waals surface area contributed by atoms with Gasteiger partial charge in [-0.05, 0) is 19.9 Å². The van der Waals surface area contributed by atoms with Crippen LogP contribution in [0.2, 0.25) is 0 Å². The van der Waals surface area contributed by atoms with E-state index in [2.05, 4.69) is 10.1 Å². The van der Waals surface area contributed by atoms with E-state index in [-0.39, 0.29) is 12.3 Å². The van der Waals surface area contributed by atoms with Crippen molar-refractivity contribution in [2.45, 2.75) is 20.5 Å². The lowest BCUT2D eigenvalue weighted by atomic mass is 10.2. The predicted molar refractivity (Wildman–Crippen MR) is 56.7 cm³/mol. The SMILES string of the molecule is Cc1nc(C)n(-c2c(F)cccc2CO)n1. The molecular weight excluding hydrogens is 209 g/mol. The fourth-order valence-corrected chi connectivity index (χ4v) is 1.66. The third-order valence-electron chi connectivity index (χ3n) is 2.33. The van der Waals surface area contributed by atoms with Gasteiger partial charge in [0, 0.05) is 5.56 Å². The zero-order chi connectivity index (χ0) is 11.7. The monoisotopic (exact) mass is 221 g/mol. The van der Waals surface area contributed by atoms with E-state index in [0.29, 0.717) is 17.2 Å². The highest BCUT2D eigenvalue weighted by molar-refractivity contribution is 5.41. The van der Waals surface area contributed by atoms with Crippen molar-refractivity contribution in [3.8, 4) is 5.69 Å². The first-order valence-electron chi connectivity index (χ1n) is 4.92. The Morgan fingerprint density at radius 2 is 2.12 bits per heavy atom. The molecule has 0 unspecified atom stereocenters. The number of halogens is 1. The molecule has 1 N–H and O–H groups in total. The molecule has 0 saturated carbocycles. The van der Waals surface area contributed by atoms with Crippen LogP contribution in [-0.2, 0) is 6.61 Å². The number of para-hydroxylation sites is 1. The van der Waals surface area contributed by atoms with E-state index in [1.165, 1.54) is 10.7 Å². The smallest absolute Gasteiger partial charge is 0.149 e. The van der Waals surface area contributed by atoms with Crippen molar-refractivity contribution in [2.75, 3.05) is 0 Å². The van der Waals surface area contributed by atoms with Crippen molar-refractivity contribution in [3.05, 3.63) is 41.2 Å². The Bertz CT molecular complexity index is 522. The largest absolute Gasteiger partial charge is 0.392 e. The lowest BCUT2D eigenvalue weighted by molar-refractivity contribution is 0.280. The maximum atomic E-state index is 13.7. The molecule has 0 saturated heterocycles. The van der Waals surface area contributed by atoms with E-state index < -0.39 is 5.82 Å². The zero-order valence-corrected chi connectivity index (χ0v) is 9.11. The summed E-state index contributed by atoms with van der Waals surface area (Å²) in [4.78, 5) is 4.11. The van der Waals surface area contributed by atoms with Crippen LogP contribution in [0.1, 0.15) is 17.2 Å². The highest BCUT2D eigenvalue weighted by atomic mass is 19.1. The van der Waals surface area contributed by atoms with Gasteiger partial charge in [-0.3, -0.25) is 0 Å². The van der Waals surface area contributed by atoms with E-state index in [1.54, 1.807) is 26.0 Å². The molecule has 5 heteroatoms. The second-order valence-corrected chi connectivity index (χ2v) is 3.52. The van der Waals surface area contributed by atoms with Crippen molar-refractivity contribution < 1.29 is 9.50 Å². The maximum Gasteiger partial charge on any atom is 0.149 e. The topological polar surface area (TPSA) is 50.9 Å². The van der Waals surface area contributed by atoms with Gasteiger partial charge < -0.3 is 5.11 Å². The number of benzene rings is 1. The number of rotatable bonds is 2. The van der Waals surface area contributed by atoms with Crippen LogP contribution >= 0.6 is 0 Å². The van der Waals surface area contributed by atoms with E-state index in [4.69, 9.17) is 0 Å². The second kappa shape index (κ2) is 4.02. The highest BCUT2D eigenvalue weighted by Crippen LogP contribution is 2.19. The molecule has 4 nitrogen and oxygen atoms in total. The van der Waals surface area contributed by atoms with Gasteiger partial charge >= 0.3 is 0 Å². The van der Waals surface area contributed by atoms with Crippen molar-refractivity contribution in [1.29, 1.82) is 0 Å². The maximum absolute atomic E-state index is 13.7. The molecule has 0 bridgehead atoms. The number of nitrogens with zero attached hydrogens (tertiary/aromatic N) is 3. The van der Waals surface area contributed by atoms with Gasteiger partial charge in [0.25, 0.3) is 0 Å². The van der Waals surface area contributed by atoms with Crippen molar-refractivity contribution >= 4 is 0 Å². The van der Waals surface area contributed by atoms with Crippen molar-refractivity contribution in [1.82, 2.24) is 14.8 Å². The van der Waals surface area contributed by atoms with E-state index in [0.717, 1.165) is 0 Å². The lowest BCUT2D eigenvalue weighted by Gasteiger charge is -2.09. The minimum Gasteiger partial charge on any atom is -0.392 e. The number of aryl methyl sites for hydroxylation is 2. The summed E-state index contributed by atoms with van der Waals surface area (Å²) >= 11 is 0. The Balaban J connectivity index is 2.67. The van der Waals surface area contributed by atoms with Gasteiger partial charge in [0.05, 0.1) is 6.61 Å². The summed E-state index contributed by atoms with van der Waals surface area (Å²) in [6.07, 6.45) is 0. The van der Waals surface area contributed by atoms with Crippen LogP contribution in [0.5, 0.6) is 0 Å². The van der Waals surface area contributed by atoms with E-state index >= 15 is 0 Å². The summed E-state index contributed by atoms with van der Waals surface area (Å²) in [5.41, 5.74) is 0.760. The predicted octanol–water partition coefficient (Wildman–Crippen LogP) is 1.52. The zero-order valence-electron chi connectivity index (χ0n) is 9.11. The molecule has 84 valence electrons. The first-order valence-corrected chi connectivity index (χ1v) is 4.92. The summed E-state index contributed by atoms with van der Waals surface area (Å²) in [5, 5.41) is 13.3. The summed E-state index contributed by atoms with van der Waals surface area (Å²) in [6, 6.07) is 4.56. The molecule has 0 radical (unpaired) electrons. The van der Waals surface area contributed by atoms with E-state index in [1.807, 2.05) is 0 Å². The summed E-state index contributed by atoms with van der Waals surface area (Å²) in [6.45, 7) is 3.25. The molecular formula is C11H12FN3O. The Kier molecular flexibility index (Phi) is 2.70. The molecule has 0 aliphatic rings. The first kappa shape index (κ1) is 10.8. The summed E-state index contributed by atoms with van der Waals surface area (Å²) < 4.78 is 15.1. The molecule has 0 atom stereocenters. The van der Waals surface area contributed by atoms with Crippen molar-refractivity contribution in [3.63, 3.8) is 0 Å². The van der Waals surface area contributed by atoms with Crippen LogP contribution in [0.15, 0.2) is 18.2 Å². The second-order valence-electron chi connectivity index (χ2n) is 3.52. The van der Waals surface area contributed by atoms with Gasteiger partial charge in [0.1, 0.15) is 23.2 Å². The minimum atomic E-state index is -0.417. The van der Waals surface area contributed by atoms with Gasteiger partial charge in [-0.15, -0.1) is 0 Å². The molecule has 1 aromatic carbocycles. The number of hydrogen-bond donors (Lipinski definition) is 1. The van der Waals surface area contributed by atoms with Gasteiger partial charge in [-0.25, -0.2) is 14.1 Å².